The highest BCUT2D eigenvalue weighted by atomic mass is 35.5. The lowest BCUT2D eigenvalue weighted by atomic mass is 10.2. The molecule has 22 heavy (non-hydrogen) atoms. The third kappa shape index (κ3) is 27.4. The summed E-state index contributed by atoms with van der Waals surface area (Å²) in [7, 11) is 0. The monoisotopic (exact) mass is 341 g/mol. The molecular weight excluding hydrogens is 314 g/mol. The van der Waals surface area contributed by atoms with Crippen LogP contribution in [0.15, 0.2) is 0 Å². The zero-order chi connectivity index (χ0) is 17.2. The first-order chi connectivity index (χ1) is 10.5. The summed E-state index contributed by atoms with van der Waals surface area (Å²) >= 11 is 5.27. The second-order valence-corrected chi connectivity index (χ2v) is 4.74. The zero-order valence-electron chi connectivity index (χ0n) is 12.8. The fourth-order valence-electron chi connectivity index (χ4n) is 1.04. The Labute approximate surface area is 136 Å². The second-order valence-electron chi connectivity index (χ2n) is 4.43. The fourth-order valence-corrected chi connectivity index (χ4v) is 1.22. The molecule has 0 bridgehead atoms. The standard InChI is InChI=1S/C6H10O4.C4H13N3.C3H5ClO/c7-5(8)3-1-2-4-6(9)10;5-1-3-7-4-2-6;4-1-3-2-5-3/h1-4H2,(H,7,8)(H,9,10);7H,1-6H2;3H,1-2H2/t;;3-/m..0/s1. The summed E-state index contributed by atoms with van der Waals surface area (Å²) < 4.78 is 4.73. The third-order valence-corrected chi connectivity index (χ3v) is 2.59. The maximum atomic E-state index is 9.90. The number of rotatable bonds is 10. The Bertz CT molecular complexity index is 258. The number of halogens is 1. The molecule has 0 radical (unpaired) electrons. The molecule has 1 rings (SSSR count). The normalized spacial score (nSPS) is 15.0. The molecule has 1 aliphatic heterocycles. The van der Waals surface area contributed by atoms with E-state index >= 15 is 0 Å². The third-order valence-electron chi connectivity index (χ3n) is 2.25. The SMILES string of the molecule is ClC[C@H]1CO1.NCCNCCN.O=C(O)CCCCC(=O)O. The van der Waals surface area contributed by atoms with Gasteiger partial charge in [0, 0.05) is 39.0 Å². The number of unbranched alkanes of at least 4 members (excludes halogenated alkanes) is 1. The van der Waals surface area contributed by atoms with Gasteiger partial charge in [0.15, 0.2) is 0 Å². The van der Waals surface area contributed by atoms with Crippen LogP contribution >= 0.6 is 11.6 Å². The predicted molar refractivity (Wildman–Crippen MR) is 85.2 cm³/mol. The van der Waals surface area contributed by atoms with Crippen LogP contribution in [0, 0.1) is 0 Å². The van der Waals surface area contributed by atoms with Crippen molar-refractivity contribution in [1.29, 1.82) is 0 Å². The Balaban J connectivity index is 0. The molecular formula is C13H28ClN3O5. The number of ether oxygens (including phenoxy) is 1. The van der Waals surface area contributed by atoms with Gasteiger partial charge in [0.05, 0.1) is 18.6 Å². The van der Waals surface area contributed by atoms with E-state index in [1.165, 1.54) is 0 Å². The van der Waals surface area contributed by atoms with Crippen molar-refractivity contribution in [1.82, 2.24) is 5.32 Å². The first-order valence-electron chi connectivity index (χ1n) is 7.19. The van der Waals surface area contributed by atoms with Crippen LogP contribution in [0.4, 0.5) is 0 Å². The summed E-state index contributed by atoms with van der Waals surface area (Å²) in [5, 5.41) is 19.3. The van der Waals surface area contributed by atoms with Crippen molar-refractivity contribution in [3.05, 3.63) is 0 Å². The average molecular weight is 342 g/mol. The minimum atomic E-state index is -0.870. The van der Waals surface area contributed by atoms with Crippen molar-refractivity contribution in [3.8, 4) is 0 Å². The number of aliphatic carboxylic acids is 2. The van der Waals surface area contributed by atoms with Gasteiger partial charge in [-0.2, -0.15) is 0 Å². The van der Waals surface area contributed by atoms with Crippen LogP contribution in [0.2, 0.25) is 0 Å². The fraction of sp³-hybridized carbons (Fsp3) is 0.846. The van der Waals surface area contributed by atoms with E-state index in [0.717, 1.165) is 19.7 Å². The molecule has 0 saturated carbocycles. The van der Waals surface area contributed by atoms with Gasteiger partial charge < -0.3 is 31.7 Å². The molecule has 1 fully saturated rings. The van der Waals surface area contributed by atoms with Gasteiger partial charge >= 0.3 is 11.9 Å². The van der Waals surface area contributed by atoms with E-state index < -0.39 is 11.9 Å². The van der Waals surface area contributed by atoms with E-state index in [-0.39, 0.29) is 12.8 Å². The zero-order valence-corrected chi connectivity index (χ0v) is 13.6. The molecule has 1 heterocycles. The predicted octanol–water partition coefficient (Wildman–Crippen LogP) is -0.167. The summed E-state index contributed by atoms with van der Waals surface area (Å²) in [6, 6.07) is 0. The van der Waals surface area contributed by atoms with E-state index in [2.05, 4.69) is 5.32 Å². The van der Waals surface area contributed by atoms with E-state index in [1.807, 2.05) is 0 Å². The van der Waals surface area contributed by atoms with Gasteiger partial charge in [0.25, 0.3) is 0 Å². The molecule has 0 aromatic heterocycles. The summed E-state index contributed by atoms with van der Waals surface area (Å²) in [5.74, 6) is -1.07. The second kappa shape index (κ2) is 18.1. The molecule has 0 aromatic rings. The van der Waals surface area contributed by atoms with Crippen LogP contribution in [0.3, 0.4) is 0 Å². The van der Waals surface area contributed by atoms with Gasteiger partial charge in [0.1, 0.15) is 0 Å². The molecule has 1 aliphatic rings. The highest BCUT2D eigenvalue weighted by Crippen LogP contribution is 2.08. The van der Waals surface area contributed by atoms with Crippen LogP contribution < -0.4 is 16.8 Å². The molecule has 0 spiro atoms. The number of epoxide rings is 1. The number of hydrogen-bond acceptors (Lipinski definition) is 6. The molecule has 9 heteroatoms. The van der Waals surface area contributed by atoms with Crippen LogP contribution in [0.1, 0.15) is 25.7 Å². The molecule has 1 atom stereocenters. The van der Waals surface area contributed by atoms with Crippen LogP contribution in [0.5, 0.6) is 0 Å². The van der Waals surface area contributed by atoms with Crippen molar-refractivity contribution >= 4 is 23.5 Å². The topological polar surface area (TPSA) is 151 Å². The van der Waals surface area contributed by atoms with E-state index in [9.17, 15) is 9.59 Å². The van der Waals surface area contributed by atoms with Gasteiger partial charge in [-0.25, -0.2) is 0 Å². The molecule has 0 aromatic carbocycles. The smallest absolute Gasteiger partial charge is 0.303 e. The van der Waals surface area contributed by atoms with Gasteiger partial charge in [0.2, 0.25) is 0 Å². The summed E-state index contributed by atoms with van der Waals surface area (Å²) in [6.07, 6.45) is 1.42. The maximum Gasteiger partial charge on any atom is 0.303 e. The molecule has 8 nitrogen and oxygen atoms in total. The van der Waals surface area contributed by atoms with Gasteiger partial charge in [-0.3, -0.25) is 9.59 Å². The minimum Gasteiger partial charge on any atom is -0.481 e. The quantitative estimate of drug-likeness (QED) is 0.209. The molecule has 0 aliphatic carbocycles. The van der Waals surface area contributed by atoms with E-state index in [1.54, 1.807) is 0 Å². The van der Waals surface area contributed by atoms with Gasteiger partial charge in [-0.05, 0) is 12.8 Å². The molecule has 1 saturated heterocycles. The van der Waals surface area contributed by atoms with Crippen LogP contribution in [-0.2, 0) is 14.3 Å². The lowest BCUT2D eigenvalue weighted by Crippen LogP contribution is -2.27. The van der Waals surface area contributed by atoms with Crippen molar-refractivity contribution in [2.75, 3.05) is 38.7 Å². The number of hydrogen-bond donors (Lipinski definition) is 5. The summed E-state index contributed by atoms with van der Waals surface area (Å²) in [6.45, 7) is 4.01. The summed E-state index contributed by atoms with van der Waals surface area (Å²) in [5.41, 5.74) is 10.3. The van der Waals surface area contributed by atoms with Crippen LogP contribution in [-0.4, -0.2) is 66.9 Å². The largest absolute Gasteiger partial charge is 0.481 e. The maximum absolute atomic E-state index is 9.90. The lowest BCUT2D eigenvalue weighted by molar-refractivity contribution is -0.139. The summed E-state index contributed by atoms with van der Waals surface area (Å²) in [4.78, 5) is 19.8. The van der Waals surface area contributed by atoms with E-state index in [0.29, 0.717) is 37.9 Å². The number of carboxylic acid groups (broad SMARTS) is 2. The highest BCUT2D eigenvalue weighted by molar-refractivity contribution is 6.18. The Morgan fingerprint density at radius 2 is 1.50 bits per heavy atom. The number of carbonyl (C=O) groups is 2. The number of nitrogens with one attached hydrogen (secondary N) is 1. The lowest BCUT2D eigenvalue weighted by Gasteiger charge is -1.95. The van der Waals surface area contributed by atoms with Gasteiger partial charge in [-0.1, -0.05) is 0 Å². The van der Waals surface area contributed by atoms with Crippen molar-refractivity contribution in [2.24, 2.45) is 11.5 Å². The van der Waals surface area contributed by atoms with Crippen molar-refractivity contribution in [3.63, 3.8) is 0 Å². The first-order valence-corrected chi connectivity index (χ1v) is 7.73. The van der Waals surface area contributed by atoms with E-state index in [4.69, 9.17) is 38.0 Å². The van der Waals surface area contributed by atoms with Gasteiger partial charge in [-0.15, -0.1) is 11.6 Å². The molecule has 132 valence electrons. The number of nitrogens with two attached hydrogens (primary N) is 2. The molecule has 0 unspecified atom stereocenters. The average Bonchev–Trinajstić information content (AvgIpc) is 3.29. The number of carboxylic acids is 2. The molecule has 7 N–H and O–H groups in total. The Morgan fingerprint density at radius 3 is 1.68 bits per heavy atom. The Kier molecular flexibility index (Phi) is 19.2. The van der Waals surface area contributed by atoms with Crippen molar-refractivity contribution < 1.29 is 24.5 Å². The van der Waals surface area contributed by atoms with Crippen molar-refractivity contribution in [2.45, 2.75) is 31.8 Å². The van der Waals surface area contributed by atoms with Crippen LogP contribution in [0.25, 0.3) is 0 Å². The first kappa shape index (κ1) is 23.3. The molecule has 0 amide bonds. The Morgan fingerprint density at radius 1 is 1.09 bits per heavy atom. The highest BCUT2D eigenvalue weighted by Gasteiger charge is 2.19. The minimum absolute atomic E-state index is 0.0628. The number of alkyl halides is 1. The Hall–Kier alpha value is -0.930.